The lowest BCUT2D eigenvalue weighted by atomic mass is 9.60. The van der Waals surface area contributed by atoms with Crippen molar-refractivity contribution < 1.29 is 30.8 Å². The molecular formula is C31H32F4N4O3S. The first-order valence-electron chi connectivity index (χ1n) is 14.6. The van der Waals surface area contributed by atoms with Crippen LogP contribution in [0.4, 0.5) is 17.6 Å². The van der Waals surface area contributed by atoms with E-state index in [1.807, 2.05) is 6.08 Å². The molecule has 2 heterocycles. The Labute approximate surface area is 247 Å². The van der Waals surface area contributed by atoms with Gasteiger partial charge in [0, 0.05) is 18.8 Å². The summed E-state index contributed by atoms with van der Waals surface area (Å²) in [4.78, 5) is 18.5. The molecule has 2 fully saturated rings. The standard InChI is InChI=1S/C31H32F4N4O3S/c1-2-38(43(41,42)26-5-3-4-6-26)25-10-7-21-16-28-20(19-37-39(28)24-11-8-23(32)9-12-24)17-30(21,18-25)29(40)27-15-22(13-14-36-27)31(33,34)35/h8-9,11-16,19,25-26H,2-7,10,17-18H2,1H3/t25-,30-/m0/s1. The molecule has 0 bridgehead atoms. The molecule has 2 aromatic heterocycles. The Kier molecular flexibility index (Phi) is 7.56. The zero-order chi connectivity index (χ0) is 30.6. The average molecular weight is 617 g/mol. The van der Waals surface area contributed by atoms with E-state index in [1.54, 1.807) is 29.9 Å². The first-order chi connectivity index (χ1) is 20.4. The summed E-state index contributed by atoms with van der Waals surface area (Å²) in [6, 6.07) is 6.92. The Morgan fingerprint density at radius 2 is 1.84 bits per heavy atom. The number of ketones is 1. The van der Waals surface area contributed by atoms with Crippen LogP contribution >= 0.6 is 0 Å². The third kappa shape index (κ3) is 5.22. The number of fused-ring (bicyclic) bond motifs is 2. The van der Waals surface area contributed by atoms with E-state index in [4.69, 9.17) is 0 Å². The van der Waals surface area contributed by atoms with Gasteiger partial charge in [0.15, 0.2) is 5.78 Å². The fourth-order valence-corrected chi connectivity index (χ4v) is 9.38. The minimum Gasteiger partial charge on any atom is -0.291 e. The Hall–Kier alpha value is -3.38. The lowest BCUT2D eigenvalue weighted by Crippen LogP contribution is -2.52. The van der Waals surface area contributed by atoms with E-state index in [0.29, 0.717) is 48.2 Å². The topological polar surface area (TPSA) is 85.2 Å². The van der Waals surface area contributed by atoms with Crippen molar-refractivity contribution in [1.82, 2.24) is 19.1 Å². The normalized spacial score (nSPS) is 22.7. The van der Waals surface area contributed by atoms with E-state index in [9.17, 15) is 30.8 Å². The maximum Gasteiger partial charge on any atom is 0.416 e. The van der Waals surface area contributed by atoms with Gasteiger partial charge in [0.25, 0.3) is 0 Å². The van der Waals surface area contributed by atoms with Crippen LogP contribution in [0.15, 0.2) is 54.4 Å². The first-order valence-corrected chi connectivity index (χ1v) is 16.1. The van der Waals surface area contributed by atoms with Crippen molar-refractivity contribution in [3.8, 4) is 5.69 Å². The lowest BCUT2D eigenvalue weighted by Gasteiger charge is -2.46. The van der Waals surface area contributed by atoms with Crippen molar-refractivity contribution in [3.05, 3.63) is 82.7 Å². The number of Topliss-reactive ketones (excluding diaryl/α,β-unsaturated/α-hetero) is 1. The van der Waals surface area contributed by atoms with E-state index in [0.717, 1.165) is 31.2 Å². The molecular weight excluding hydrogens is 584 g/mol. The number of halogens is 4. The summed E-state index contributed by atoms with van der Waals surface area (Å²) in [5, 5.41) is 4.03. The summed E-state index contributed by atoms with van der Waals surface area (Å²) in [6.07, 6.45) is 3.77. The predicted molar refractivity (Wildman–Crippen MR) is 152 cm³/mol. The van der Waals surface area contributed by atoms with E-state index < -0.39 is 50.1 Å². The fraction of sp³-hybridized carbons (Fsp3) is 0.452. The van der Waals surface area contributed by atoms with Crippen LogP contribution in [0.2, 0.25) is 0 Å². The molecule has 0 spiro atoms. The van der Waals surface area contributed by atoms with Crippen molar-refractivity contribution in [1.29, 1.82) is 0 Å². The maximum atomic E-state index is 14.4. The van der Waals surface area contributed by atoms with E-state index in [2.05, 4.69) is 10.1 Å². The molecule has 0 aliphatic heterocycles. The Morgan fingerprint density at radius 1 is 1.12 bits per heavy atom. The molecule has 7 nitrogen and oxygen atoms in total. The number of carbonyl (C=O) groups excluding carboxylic acids is 1. The largest absolute Gasteiger partial charge is 0.416 e. The van der Waals surface area contributed by atoms with Crippen molar-refractivity contribution in [3.63, 3.8) is 0 Å². The summed E-state index contributed by atoms with van der Waals surface area (Å²) in [5.41, 5.74) is 0.131. The molecule has 1 aromatic carbocycles. The number of hydrogen-bond donors (Lipinski definition) is 0. The average Bonchev–Trinajstić information content (AvgIpc) is 3.67. The number of rotatable bonds is 7. The quantitative estimate of drug-likeness (QED) is 0.227. The van der Waals surface area contributed by atoms with Gasteiger partial charge in [0.05, 0.1) is 33.8 Å². The zero-order valence-electron chi connectivity index (χ0n) is 23.6. The van der Waals surface area contributed by atoms with Crippen LogP contribution in [0.1, 0.15) is 79.2 Å². The highest BCUT2D eigenvalue weighted by Crippen LogP contribution is 2.51. The number of benzene rings is 1. The Morgan fingerprint density at radius 3 is 2.51 bits per heavy atom. The Balaban J connectivity index is 1.44. The second kappa shape index (κ2) is 11.0. The van der Waals surface area contributed by atoms with Gasteiger partial charge < -0.3 is 0 Å². The molecule has 0 amide bonds. The molecule has 43 heavy (non-hydrogen) atoms. The van der Waals surface area contributed by atoms with E-state index >= 15 is 0 Å². The second-order valence-electron chi connectivity index (χ2n) is 11.7. The van der Waals surface area contributed by atoms with Crippen molar-refractivity contribution in [2.75, 3.05) is 6.54 Å². The van der Waals surface area contributed by atoms with Crippen LogP contribution in [-0.4, -0.2) is 51.1 Å². The number of alkyl halides is 3. The number of allylic oxidation sites excluding steroid dienone is 1. The number of pyridine rings is 1. The third-order valence-corrected chi connectivity index (χ3v) is 11.8. The summed E-state index contributed by atoms with van der Waals surface area (Å²) in [5.74, 6) is -0.961. The third-order valence-electron chi connectivity index (χ3n) is 9.23. The van der Waals surface area contributed by atoms with Gasteiger partial charge in [-0.1, -0.05) is 25.3 Å². The number of sulfonamides is 1. The number of nitrogens with zero attached hydrogens (tertiary/aromatic N) is 4. The molecule has 0 unspecified atom stereocenters. The molecule has 0 saturated heterocycles. The van der Waals surface area contributed by atoms with E-state index in [-0.39, 0.29) is 25.1 Å². The van der Waals surface area contributed by atoms with Gasteiger partial charge in [-0.3, -0.25) is 9.78 Å². The number of carbonyl (C=O) groups is 1. The SMILES string of the molecule is CCN([C@H]1CCC2=Cc3c(cnn3-c3ccc(F)cc3)C[C@]2(C(=O)c2cc(C(F)(F)F)ccn2)C1)S(=O)(=O)C1CCCC1. The number of hydrogen-bond acceptors (Lipinski definition) is 5. The van der Waals surface area contributed by atoms with Crippen LogP contribution in [0.3, 0.4) is 0 Å². The molecule has 0 N–H and O–H groups in total. The summed E-state index contributed by atoms with van der Waals surface area (Å²) in [6.45, 7) is 2.02. The second-order valence-corrected chi connectivity index (χ2v) is 13.8. The highest BCUT2D eigenvalue weighted by Gasteiger charge is 2.52. The van der Waals surface area contributed by atoms with Gasteiger partial charge >= 0.3 is 6.18 Å². The van der Waals surface area contributed by atoms with Crippen molar-refractivity contribution >= 4 is 21.9 Å². The lowest BCUT2D eigenvalue weighted by molar-refractivity contribution is -0.137. The molecule has 228 valence electrons. The molecule has 3 aliphatic rings. The van der Waals surface area contributed by atoms with Crippen LogP contribution in [0.25, 0.3) is 11.8 Å². The summed E-state index contributed by atoms with van der Waals surface area (Å²) in [7, 11) is -3.64. The van der Waals surface area contributed by atoms with Gasteiger partial charge in [-0.2, -0.15) is 22.6 Å². The predicted octanol–water partition coefficient (Wildman–Crippen LogP) is 6.38. The summed E-state index contributed by atoms with van der Waals surface area (Å²) >= 11 is 0. The molecule has 3 aliphatic carbocycles. The molecule has 0 radical (unpaired) electrons. The highest BCUT2D eigenvalue weighted by atomic mass is 32.2. The molecule has 2 saturated carbocycles. The van der Waals surface area contributed by atoms with Gasteiger partial charge in [-0.25, -0.2) is 17.5 Å². The van der Waals surface area contributed by atoms with Gasteiger partial charge in [0.2, 0.25) is 10.0 Å². The molecule has 6 rings (SSSR count). The molecule has 12 heteroatoms. The minimum atomic E-state index is -4.66. The smallest absolute Gasteiger partial charge is 0.291 e. The highest BCUT2D eigenvalue weighted by molar-refractivity contribution is 7.89. The molecule has 2 atom stereocenters. The monoisotopic (exact) mass is 616 g/mol. The summed E-state index contributed by atoms with van der Waals surface area (Å²) < 4.78 is 85.2. The first kappa shape index (κ1) is 29.7. The van der Waals surface area contributed by atoms with Gasteiger partial charge in [-0.15, -0.1) is 0 Å². The van der Waals surface area contributed by atoms with Crippen LogP contribution in [0, 0.1) is 11.2 Å². The van der Waals surface area contributed by atoms with Crippen LogP contribution in [0.5, 0.6) is 0 Å². The van der Waals surface area contributed by atoms with Crippen molar-refractivity contribution in [2.24, 2.45) is 5.41 Å². The fourth-order valence-electron chi connectivity index (χ4n) is 7.12. The molecule has 3 aromatic rings. The van der Waals surface area contributed by atoms with Crippen LogP contribution in [-0.2, 0) is 22.6 Å². The van der Waals surface area contributed by atoms with Crippen LogP contribution < -0.4 is 0 Å². The van der Waals surface area contributed by atoms with Gasteiger partial charge in [-0.05, 0) is 86.6 Å². The Bertz CT molecular complexity index is 1680. The van der Waals surface area contributed by atoms with Crippen molar-refractivity contribution in [2.45, 2.75) is 75.8 Å². The minimum absolute atomic E-state index is 0.122. The van der Waals surface area contributed by atoms with Gasteiger partial charge in [0.1, 0.15) is 11.5 Å². The number of aromatic nitrogens is 3. The van der Waals surface area contributed by atoms with E-state index in [1.165, 1.54) is 16.4 Å². The maximum absolute atomic E-state index is 14.4. The zero-order valence-corrected chi connectivity index (χ0v) is 24.5.